The fraction of sp³-hybridized carbons (Fsp3) is 0.214. The number of carbonyl (C=O) groups excluding carboxylic acids is 1. The van der Waals surface area contributed by atoms with Crippen LogP contribution in [0.4, 0.5) is 0 Å². The SMILES string of the molecule is CC(C)Oc1cnn(-c2ccc(C=O)cc2C#N)c1. The van der Waals surface area contributed by atoms with Gasteiger partial charge in [-0.1, -0.05) is 0 Å². The average Bonchev–Trinajstić information content (AvgIpc) is 2.85. The van der Waals surface area contributed by atoms with E-state index in [0.717, 1.165) is 0 Å². The van der Waals surface area contributed by atoms with Crippen LogP contribution in [0.15, 0.2) is 30.6 Å². The molecule has 1 aromatic heterocycles. The van der Waals surface area contributed by atoms with E-state index in [4.69, 9.17) is 10.00 Å². The first kappa shape index (κ1) is 12.8. The van der Waals surface area contributed by atoms with Gasteiger partial charge in [0.1, 0.15) is 12.4 Å². The van der Waals surface area contributed by atoms with Crippen molar-refractivity contribution in [2.75, 3.05) is 0 Å². The lowest BCUT2D eigenvalue weighted by atomic mass is 10.1. The number of aromatic nitrogens is 2. The quantitative estimate of drug-likeness (QED) is 0.786. The maximum Gasteiger partial charge on any atom is 0.158 e. The highest BCUT2D eigenvalue weighted by Gasteiger charge is 2.08. The van der Waals surface area contributed by atoms with Crippen LogP contribution >= 0.6 is 0 Å². The van der Waals surface area contributed by atoms with E-state index in [1.807, 2.05) is 13.8 Å². The zero-order valence-corrected chi connectivity index (χ0v) is 10.7. The lowest BCUT2D eigenvalue weighted by Gasteiger charge is -2.06. The number of benzene rings is 1. The van der Waals surface area contributed by atoms with Crippen molar-refractivity contribution in [2.45, 2.75) is 20.0 Å². The van der Waals surface area contributed by atoms with E-state index in [0.29, 0.717) is 28.8 Å². The van der Waals surface area contributed by atoms with Gasteiger partial charge < -0.3 is 4.74 Å². The second kappa shape index (κ2) is 5.36. The molecule has 0 radical (unpaired) electrons. The second-order valence-corrected chi connectivity index (χ2v) is 4.29. The van der Waals surface area contributed by atoms with E-state index in [1.54, 1.807) is 29.2 Å². The van der Waals surface area contributed by atoms with E-state index in [9.17, 15) is 4.79 Å². The summed E-state index contributed by atoms with van der Waals surface area (Å²) in [6.07, 6.45) is 4.07. The number of hydrogen-bond acceptors (Lipinski definition) is 4. The second-order valence-electron chi connectivity index (χ2n) is 4.29. The average molecular weight is 255 g/mol. The third-order valence-corrected chi connectivity index (χ3v) is 2.45. The Morgan fingerprint density at radius 2 is 2.26 bits per heavy atom. The summed E-state index contributed by atoms with van der Waals surface area (Å²) in [7, 11) is 0. The Hall–Kier alpha value is -2.61. The van der Waals surface area contributed by atoms with Crippen LogP contribution in [0.5, 0.6) is 5.75 Å². The van der Waals surface area contributed by atoms with Crippen LogP contribution in [0.1, 0.15) is 29.8 Å². The standard InChI is InChI=1S/C14H13N3O2/c1-10(2)19-13-7-16-17(8-13)14-4-3-11(9-18)5-12(14)6-15/h3-5,7-10H,1-2H3. The van der Waals surface area contributed by atoms with E-state index in [1.165, 1.54) is 6.07 Å². The van der Waals surface area contributed by atoms with Crippen LogP contribution in [-0.4, -0.2) is 22.2 Å². The molecule has 0 atom stereocenters. The normalized spacial score (nSPS) is 10.2. The molecular formula is C14H13N3O2. The first-order valence-electron chi connectivity index (χ1n) is 5.85. The zero-order chi connectivity index (χ0) is 13.8. The van der Waals surface area contributed by atoms with Gasteiger partial charge >= 0.3 is 0 Å². The van der Waals surface area contributed by atoms with Gasteiger partial charge in [0.2, 0.25) is 0 Å². The van der Waals surface area contributed by atoms with Crippen molar-refractivity contribution in [2.24, 2.45) is 0 Å². The van der Waals surface area contributed by atoms with E-state index in [2.05, 4.69) is 11.2 Å². The van der Waals surface area contributed by atoms with Crippen LogP contribution in [0, 0.1) is 11.3 Å². The third-order valence-electron chi connectivity index (χ3n) is 2.45. The van der Waals surface area contributed by atoms with Gasteiger partial charge in [0, 0.05) is 5.56 Å². The lowest BCUT2D eigenvalue weighted by Crippen LogP contribution is -2.04. The van der Waals surface area contributed by atoms with Gasteiger partial charge in [-0.05, 0) is 32.0 Å². The monoisotopic (exact) mass is 255 g/mol. The number of carbonyl (C=O) groups is 1. The van der Waals surface area contributed by atoms with Gasteiger partial charge in [-0.25, -0.2) is 4.68 Å². The minimum Gasteiger partial charge on any atom is -0.488 e. The van der Waals surface area contributed by atoms with E-state index >= 15 is 0 Å². The first-order chi connectivity index (χ1) is 9.13. The minimum absolute atomic E-state index is 0.0607. The van der Waals surface area contributed by atoms with Gasteiger partial charge in [0.15, 0.2) is 5.75 Å². The van der Waals surface area contributed by atoms with Gasteiger partial charge in [-0.3, -0.25) is 4.79 Å². The molecular weight excluding hydrogens is 242 g/mol. The van der Waals surface area contributed by atoms with Gasteiger partial charge in [0.25, 0.3) is 0 Å². The Labute approximate surface area is 111 Å². The molecule has 0 saturated carbocycles. The maximum absolute atomic E-state index is 10.7. The molecule has 0 unspecified atom stereocenters. The van der Waals surface area contributed by atoms with Crippen LogP contribution in [0.3, 0.4) is 0 Å². The summed E-state index contributed by atoms with van der Waals surface area (Å²) < 4.78 is 7.07. The number of nitriles is 1. The molecule has 2 rings (SSSR count). The molecule has 5 nitrogen and oxygen atoms in total. The number of aldehydes is 1. The van der Waals surface area contributed by atoms with E-state index < -0.39 is 0 Å². The summed E-state index contributed by atoms with van der Waals surface area (Å²) in [5.74, 6) is 0.637. The summed E-state index contributed by atoms with van der Waals surface area (Å²) in [5.41, 5.74) is 1.47. The molecule has 0 saturated heterocycles. The van der Waals surface area contributed by atoms with Crippen molar-refractivity contribution >= 4 is 6.29 Å². The van der Waals surface area contributed by atoms with Crippen molar-refractivity contribution in [3.63, 3.8) is 0 Å². The molecule has 19 heavy (non-hydrogen) atoms. The van der Waals surface area contributed by atoms with Crippen molar-refractivity contribution in [1.29, 1.82) is 5.26 Å². The fourth-order valence-corrected chi connectivity index (χ4v) is 1.69. The fourth-order valence-electron chi connectivity index (χ4n) is 1.69. The molecule has 0 fully saturated rings. The Bertz CT molecular complexity index is 638. The number of hydrogen-bond donors (Lipinski definition) is 0. The molecule has 0 N–H and O–H groups in total. The molecule has 0 aliphatic rings. The molecule has 96 valence electrons. The molecule has 0 aliphatic heterocycles. The Morgan fingerprint density at radius 1 is 1.47 bits per heavy atom. The predicted octanol–water partition coefficient (Wildman–Crippen LogP) is 2.34. The Kier molecular flexibility index (Phi) is 3.62. The van der Waals surface area contributed by atoms with E-state index in [-0.39, 0.29) is 6.10 Å². The van der Waals surface area contributed by atoms with Crippen molar-refractivity contribution < 1.29 is 9.53 Å². The summed E-state index contributed by atoms with van der Waals surface area (Å²) in [5, 5.41) is 13.3. The van der Waals surface area contributed by atoms with Crippen LogP contribution in [0.25, 0.3) is 5.69 Å². The summed E-state index contributed by atoms with van der Waals surface area (Å²) >= 11 is 0. The summed E-state index contributed by atoms with van der Waals surface area (Å²) in [6.45, 7) is 3.86. The molecule has 0 spiro atoms. The van der Waals surface area contributed by atoms with Crippen molar-refractivity contribution in [3.8, 4) is 17.5 Å². The number of nitrogens with zero attached hydrogens (tertiary/aromatic N) is 3. The maximum atomic E-state index is 10.7. The lowest BCUT2D eigenvalue weighted by molar-refractivity contribution is 0.112. The topological polar surface area (TPSA) is 67.9 Å². The number of ether oxygens (including phenoxy) is 1. The molecule has 0 bridgehead atoms. The molecule has 0 aliphatic carbocycles. The van der Waals surface area contributed by atoms with Crippen molar-refractivity contribution in [3.05, 3.63) is 41.7 Å². The molecule has 5 heteroatoms. The summed E-state index contributed by atoms with van der Waals surface area (Å²) in [6, 6.07) is 6.93. The Balaban J connectivity index is 2.39. The van der Waals surface area contributed by atoms with Crippen LogP contribution in [0.2, 0.25) is 0 Å². The molecule has 1 heterocycles. The van der Waals surface area contributed by atoms with Gasteiger partial charge in [-0.15, -0.1) is 0 Å². The van der Waals surface area contributed by atoms with Gasteiger partial charge in [-0.2, -0.15) is 10.4 Å². The minimum atomic E-state index is 0.0607. The highest BCUT2D eigenvalue weighted by molar-refractivity contribution is 5.76. The smallest absolute Gasteiger partial charge is 0.158 e. The zero-order valence-electron chi connectivity index (χ0n) is 10.7. The third kappa shape index (κ3) is 2.80. The molecule has 1 aromatic carbocycles. The summed E-state index contributed by atoms with van der Waals surface area (Å²) in [4.78, 5) is 10.7. The van der Waals surface area contributed by atoms with Crippen molar-refractivity contribution in [1.82, 2.24) is 9.78 Å². The predicted molar refractivity (Wildman–Crippen MR) is 69.4 cm³/mol. The number of rotatable bonds is 4. The highest BCUT2D eigenvalue weighted by Crippen LogP contribution is 2.18. The van der Waals surface area contributed by atoms with Crippen LogP contribution in [-0.2, 0) is 0 Å². The van der Waals surface area contributed by atoms with Crippen LogP contribution < -0.4 is 4.74 Å². The largest absolute Gasteiger partial charge is 0.488 e. The molecule has 0 amide bonds. The highest BCUT2D eigenvalue weighted by atomic mass is 16.5. The first-order valence-corrected chi connectivity index (χ1v) is 5.85. The Morgan fingerprint density at radius 3 is 2.89 bits per heavy atom. The molecule has 2 aromatic rings. The van der Waals surface area contributed by atoms with Gasteiger partial charge in [0.05, 0.1) is 29.7 Å².